The summed E-state index contributed by atoms with van der Waals surface area (Å²) in [6, 6.07) is 11.6. The minimum absolute atomic E-state index is 0.613. The summed E-state index contributed by atoms with van der Waals surface area (Å²) in [5.74, 6) is 1.26. The Morgan fingerprint density at radius 1 is 1.05 bits per heavy atom. The van der Waals surface area contributed by atoms with Crippen molar-refractivity contribution in [2.45, 2.75) is 0 Å². The molecule has 0 fully saturated rings. The molecule has 3 rings (SSSR count). The maximum Gasteiger partial charge on any atom is 0.162 e. The van der Waals surface area contributed by atoms with Crippen LogP contribution in [0.5, 0.6) is 11.5 Å². The normalized spacial score (nSPS) is 11.2. The molecule has 2 aromatic carbocycles. The molecule has 1 aromatic heterocycles. The summed E-state index contributed by atoms with van der Waals surface area (Å²) in [6.45, 7) is 0. The van der Waals surface area contributed by atoms with Crippen LogP contribution in [-0.4, -0.2) is 24.4 Å². The van der Waals surface area contributed by atoms with Crippen molar-refractivity contribution in [3.05, 3.63) is 47.7 Å². The van der Waals surface area contributed by atoms with Gasteiger partial charge in [-0.15, -0.1) is 0 Å². The van der Waals surface area contributed by atoms with Gasteiger partial charge in [-0.1, -0.05) is 24.3 Å². The zero-order valence-corrected chi connectivity index (χ0v) is 12.5. The molecule has 1 heterocycles. The molecule has 0 spiro atoms. The number of ether oxygens (including phenoxy) is 2. The van der Waals surface area contributed by atoms with E-state index in [0.29, 0.717) is 17.2 Å². The van der Waals surface area contributed by atoms with Crippen LogP contribution < -0.4 is 15.2 Å². The number of H-pyrrole nitrogens is 1. The molecule has 0 saturated carbocycles. The van der Waals surface area contributed by atoms with Crippen molar-refractivity contribution in [2.24, 2.45) is 0 Å². The summed E-state index contributed by atoms with van der Waals surface area (Å²) in [7, 11) is 3.19. The third-order valence-corrected chi connectivity index (χ3v) is 3.51. The Morgan fingerprint density at radius 3 is 2.55 bits per heavy atom. The van der Waals surface area contributed by atoms with Crippen LogP contribution in [0.2, 0.25) is 0 Å². The topological polar surface area (TPSA) is 73.2 Å². The van der Waals surface area contributed by atoms with E-state index in [9.17, 15) is 0 Å². The zero-order chi connectivity index (χ0) is 15.5. The Kier molecular flexibility index (Phi) is 3.70. The lowest BCUT2D eigenvalue weighted by Crippen LogP contribution is -1.95. The van der Waals surface area contributed by atoms with Crippen molar-refractivity contribution in [1.29, 1.82) is 0 Å². The van der Waals surface area contributed by atoms with Gasteiger partial charge in [0.05, 0.1) is 25.4 Å². The molecule has 0 amide bonds. The maximum absolute atomic E-state index is 6.06. The van der Waals surface area contributed by atoms with Gasteiger partial charge in [0.2, 0.25) is 0 Å². The van der Waals surface area contributed by atoms with Crippen molar-refractivity contribution in [2.75, 3.05) is 20.0 Å². The van der Waals surface area contributed by atoms with Crippen LogP contribution in [-0.2, 0) is 0 Å². The predicted octanol–water partition coefficient (Wildman–Crippen LogP) is 3.33. The molecule has 0 aliphatic carbocycles. The van der Waals surface area contributed by atoms with E-state index in [-0.39, 0.29) is 0 Å². The fraction of sp³-hybridized carbons (Fsp3) is 0.118. The first kappa shape index (κ1) is 14.0. The molecule has 0 aliphatic rings. The number of fused-ring (bicyclic) bond motifs is 1. The number of aromatic nitrogens is 2. The highest BCUT2D eigenvalue weighted by Crippen LogP contribution is 2.32. The van der Waals surface area contributed by atoms with Crippen LogP contribution in [0.25, 0.3) is 23.1 Å². The second-order valence-electron chi connectivity index (χ2n) is 4.82. The molecule has 0 saturated heterocycles. The molecular formula is C17H17N3O2. The first-order valence-corrected chi connectivity index (χ1v) is 6.85. The van der Waals surface area contributed by atoms with Gasteiger partial charge in [0.15, 0.2) is 11.5 Å². The molecule has 0 radical (unpaired) electrons. The Bertz CT molecular complexity index is 837. The van der Waals surface area contributed by atoms with E-state index in [2.05, 4.69) is 10.2 Å². The van der Waals surface area contributed by atoms with Crippen LogP contribution in [0.3, 0.4) is 0 Å². The standard InChI is InChI=1S/C17H17N3O2/c1-21-16-9-11(13(18)10-17(16)22-2)7-8-15-12-5-3-4-6-14(12)19-20-15/h3-10H,18H2,1-2H3,(H,19,20)/b8-7+. The highest BCUT2D eigenvalue weighted by Gasteiger charge is 2.08. The highest BCUT2D eigenvalue weighted by atomic mass is 16.5. The molecular weight excluding hydrogens is 278 g/mol. The second kappa shape index (κ2) is 5.81. The number of hydrogen-bond donors (Lipinski definition) is 2. The first-order valence-electron chi connectivity index (χ1n) is 6.85. The smallest absolute Gasteiger partial charge is 0.162 e. The van der Waals surface area contributed by atoms with Crippen LogP contribution in [0.4, 0.5) is 5.69 Å². The van der Waals surface area contributed by atoms with Crippen molar-refractivity contribution in [1.82, 2.24) is 10.2 Å². The number of aromatic amines is 1. The third kappa shape index (κ3) is 2.48. The number of anilines is 1. The Morgan fingerprint density at radius 2 is 1.77 bits per heavy atom. The van der Waals surface area contributed by atoms with Crippen molar-refractivity contribution in [3.8, 4) is 11.5 Å². The molecule has 0 atom stereocenters. The zero-order valence-electron chi connectivity index (χ0n) is 12.5. The molecule has 5 heteroatoms. The van der Waals surface area contributed by atoms with E-state index in [1.165, 1.54) is 0 Å². The van der Waals surface area contributed by atoms with Gasteiger partial charge in [-0.2, -0.15) is 5.10 Å². The molecule has 0 bridgehead atoms. The van der Waals surface area contributed by atoms with E-state index >= 15 is 0 Å². The lowest BCUT2D eigenvalue weighted by Gasteiger charge is -2.10. The molecule has 3 N–H and O–H groups in total. The van der Waals surface area contributed by atoms with Gasteiger partial charge in [0.1, 0.15) is 0 Å². The van der Waals surface area contributed by atoms with E-state index < -0.39 is 0 Å². The van der Waals surface area contributed by atoms with Gasteiger partial charge >= 0.3 is 0 Å². The number of benzene rings is 2. The minimum Gasteiger partial charge on any atom is -0.493 e. The number of nitrogens with one attached hydrogen (secondary N) is 1. The van der Waals surface area contributed by atoms with E-state index in [1.807, 2.05) is 42.5 Å². The van der Waals surface area contributed by atoms with E-state index in [1.54, 1.807) is 20.3 Å². The lowest BCUT2D eigenvalue weighted by molar-refractivity contribution is 0.355. The SMILES string of the molecule is COc1cc(N)c(/C=C/c2n[nH]c3ccccc23)cc1OC. The molecule has 0 aliphatic heterocycles. The Balaban J connectivity index is 1.98. The largest absolute Gasteiger partial charge is 0.493 e. The summed E-state index contributed by atoms with van der Waals surface area (Å²) in [5.41, 5.74) is 9.40. The second-order valence-corrected chi connectivity index (χ2v) is 4.82. The summed E-state index contributed by atoms with van der Waals surface area (Å²) in [5, 5.41) is 8.38. The fourth-order valence-electron chi connectivity index (χ4n) is 2.34. The number of para-hydroxylation sites is 1. The summed E-state index contributed by atoms with van der Waals surface area (Å²) in [6.07, 6.45) is 3.84. The van der Waals surface area contributed by atoms with Gasteiger partial charge in [0.25, 0.3) is 0 Å². The van der Waals surface area contributed by atoms with Gasteiger partial charge in [-0.05, 0) is 18.2 Å². The number of rotatable bonds is 4. The number of nitrogens with zero attached hydrogens (tertiary/aromatic N) is 1. The quantitative estimate of drug-likeness (QED) is 0.724. The average molecular weight is 295 g/mol. The summed E-state index contributed by atoms with van der Waals surface area (Å²) >= 11 is 0. The van der Waals surface area contributed by atoms with Crippen LogP contribution in [0.1, 0.15) is 11.3 Å². The van der Waals surface area contributed by atoms with Crippen LogP contribution in [0.15, 0.2) is 36.4 Å². The van der Waals surface area contributed by atoms with Gasteiger partial charge in [0, 0.05) is 22.7 Å². The summed E-state index contributed by atoms with van der Waals surface area (Å²) in [4.78, 5) is 0. The van der Waals surface area contributed by atoms with E-state index in [4.69, 9.17) is 15.2 Å². The van der Waals surface area contributed by atoms with Crippen LogP contribution in [0, 0.1) is 0 Å². The lowest BCUT2D eigenvalue weighted by atomic mass is 10.1. The molecule has 3 aromatic rings. The third-order valence-electron chi connectivity index (χ3n) is 3.51. The molecule has 0 unspecified atom stereocenters. The van der Waals surface area contributed by atoms with Crippen molar-refractivity contribution < 1.29 is 9.47 Å². The number of nitrogen functional groups attached to an aromatic ring is 1. The van der Waals surface area contributed by atoms with Gasteiger partial charge in [-0.3, -0.25) is 5.10 Å². The molecule has 112 valence electrons. The number of methoxy groups -OCH3 is 2. The van der Waals surface area contributed by atoms with Crippen molar-refractivity contribution in [3.63, 3.8) is 0 Å². The van der Waals surface area contributed by atoms with Gasteiger partial charge < -0.3 is 15.2 Å². The fourth-order valence-corrected chi connectivity index (χ4v) is 2.34. The molecule has 5 nitrogen and oxygen atoms in total. The van der Waals surface area contributed by atoms with Gasteiger partial charge in [-0.25, -0.2) is 0 Å². The van der Waals surface area contributed by atoms with Crippen molar-refractivity contribution >= 4 is 28.7 Å². The highest BCUT2D eigenvalue weighted by molar-refractivity contribution is 5.90. The number of nitrogens with two attached hydrogens (primary N) is 1. The monoisotopic (exact) mass is 295 g/mol. The maximum atomic E-state index is 6.06. The number of hydrogen-bond acceptors (Lipinski definition) is 4. The molecule has 22 heavy (non-hydrogen) atoms. The van der Waals surface area contributed by atoms with E-state index in [0.717, 1.165) is 22.2 Å². The first-order chi connectivity index (χ1) is 10.7. The average Bonchev–Trinajstić information content (AvgIpc) is 2.96. The Labute approximate surface area is 128 Å². The predicted molar refractivity (Wildman–Crippen MR) is 89.0 cm³/mol. The van der Waals surface area contributed by atoms with Crippen LogP contribution >= 0.6 is 0 Å². The summed E-state index contributed by atoms with van der Waals surface area (Å²) < 4.78 is 10.5. The Hall–Kier alpha value is -2.95. The minimum atomic E-state index is 0.613.